The van der Waals surface area contributed by atoms with Gasteiger partial charge in [0.15, 0.2) is 6.61 Å². The molecule has 0 amide bonds. The van der Waals surface area contributed by atoms with Gasteiger partial charge in [-0.25, -0.2) is 0 Å². The van der Waals surface area contributed by atoms with Gasteiger partial charge < -0.3 is 9.30 Å². The lowest BCUT2D eigenvalue weighted by atomic mass is 10.1. The zero-order valence-electron chi connectivity index (χ0n) is 12.2. The monoisotopic (exact) mass is 347 g/mol. The summed E-state index contributed by atoms with van der Waals surface area (Å²) in [7, 11) is 0. The number of allylic oxidation sites excluding steroid dienone is 1. The number of halogens is 1. The van der Waals surface area contributed by atoms with Crippen LogP contribution in [0.3, 0.4) is 0 Å². The summed E-state index contributed by atoms with van der Waals surface area (Å²) in [6, 6.07) is 9.40. The fourth-order valence-corrected chi connectivity index (χ4v) is 2.68. The third-order valence-electron chi connectivity index (χ3n) is 3.38. The number of benzene rings is 1. The summed E-state index contributed by atoms with van der Waals surface area (Å²) in [5.41, 5.74) is 2.71. The van der Waals surface area contributed by atoms with Gasteiger partial charge in [-0.15, -0.1) is 6.58 Å². The molecule has 0 atom stereocenters. The predicted octanol–water partition coefficient (Wildman–Crippen LogP) is 4.32. The number of aromatic nitrogens is 1. The van der Waals surface area contributed by atoms with Crippen molar-refractivity contribution < 1.29 is 9.53 Å². The molecule has 21 heavy (non-hydrogen) atoms. The Morgan fingerprint density at radius 1 is 1.38 bits per heavy atom. The molecule has 0 aliphatic rings. The maximum Gasteiger partial charge on any atom is 0.202 e. The topological polar surface area (TPSA) is 31.2 Å². The minimum atomic E-state index is -0.0193. The molecule has 4 heteroatoms. The normalized spacial score (nSPS) is 10.4. The first-order valence-corrected chi connectivity index (χ1v) is 7.52. The summed E-state index contributed by atoms with van der Waals surface area (Å²) in [6.45, 7) is 8.41. The highest BCUT2D eigenvalue weighted by Crippen LogP contribution is 2.24. The Kier molecular flexibility index (Phi) is 5.02. The molecule has 0 spiro atoms. The van der Waals surface area contributed by atoms with E-state index in [1.54, 1.807) is 0 Å². The highest BCUT2D eigenvalue weighted by atomic mass is 79.9. The number of para-hydroxylation sites is 1. The number of nitrogens with zero attached hydrogens (tertiary/aromatic N) is 1. The third-order valence-corrected chi connectivity index (χ3v) is 4.04. The van der Waals surface area contributed by atoms with Gasteiger partial charge in [-0.3, -0.25) is 4.79 Å². The smallest absolute Gasteiger partial charge is 0.202 e. The quantitative estimate of drug-likeness (QED) is 0.575. The molecule has 0 aliphatic carbocycles. The van der Waals surface area contributed by atoms with Gasteiger partial charge in [0.2, 0.25) is 5.78 Å². The number of aryl methyl sites for hydroxylation is 1. The average Bonchev–Trinajstić information content (AvgIpc) is 2.75. The van der Waals surface area contributed by atoms with Crippen LogP contribution in [0.25, 0.3) is 0 Å². The maximum absolute atomic E-state index is 12.3. The van der Waals surface area contributed by atoms with Crippen LogP contribution >= 0.6 is 15.9 Å². The first-order chi connectivity index (χ1) is 10.0. The van der Waals surface area contributed by atoms with Crippen molar-refractivity contribution in [1.82, 2.24) is 4.57 Å². The van der Waals surface area contributed by atoms with Crippen molar-refractivity contribution in [2.45, 2.75) is 20.4 Å². The first-order valence-electron chi connectivity index (χ1n) is 6.72. The van der Waals surface area contributed by atoms with Crippen molar-refractivity contribution in [2.75, 3.05) is 6.61 Å². The predicted molar refractivity (Wildman–Crippen MR) is 88.1 cm³/mol. The number of carbonyl (C=O) groups excluding carboxylic acids is 1. The molecule has 0 aliphatic heterocycles. The lowest BCUT2D eigenvalue weighted by Gasteiger charge is -2.08. The van der Waals surface area contributed by atoms with E-state index in [1.807, 2.05) is 50.3 Å². The number of Topliss-reactive ketones (excluding diaryl/α,β-unsaturated/α-hetero) is 1. The number of hydrogen-bond acceptors (Lipinski definition) is 2. The number of carbonyl (C=O) groups is 1. The van der Waals surface area contributed by atoms with Gasteiger partial charge in [-0.05, 0) is 48.0 Å². The standard InChI is InChI=1S/C17H18BrNO2/c1-4-9-19-12(2)10-14(13(19)3)16(20)11-21-17-8-6-5-7-15(17)18/h4-8,10H,1,9,11H2,2-3H3. The summed E-state index contributed by atoms with van der Waals surface area (Å²) in [5.74, 6) is 0.653. The molecule has 3 nitrogen and oxygen atoms in total. The van der Waals surface area contributed by atoms with Crippen LogP contribution in [0.1, 0.15) is 21.7 Å². The SMILES string of the molecule is C=CCn1c(C)cc(C(=O)COc2ccccc2Br)c1C. The Labute approximate surface area is 133 Å². The highest BCUT2D eigenvalue weighted by molar-refractivity contribution is 9.10. The number of hydrogen-bond donors (Lipinski definition) is 0. The van der Waals surface area contributed by atoms with E-state index in [0.717, 1.165) is 15.9 Å². The van der Waals surface area contributed by atoms with E-state index in [9.17, 15) is 4.79 Å². The molecule has 0 radical (unpaired) electrons. The van der Waals surface area contributed by atoms with Gasteiger partial charge in [-0.2, -0.15) is 0 Å². The van der Waals surface area contributed by atoms with Crippen molar-refractivity contribution in [3.05, 3.63) is 64.4 Å². The van der Waals surface area contributed by atoms with E-state index in [2.05, 4.69) is 27.1 Å². The Balaban J connectivity index is 2.12. The minimum Gasteiger partial charge on any atom is -0.484 e. The van der Waals surface area contributed by atoms with E-state index >= 15 is 0 Å². The molecular weight excluding hydrogens is 330 g/mol. The van der Waals surface area contributed by atoms with Crippen LogP contribution in [-0.4, -0.2) is 17.0 Å². The van der Waals surface area contributed by atoms with Crippen LogP contribution in [0.15, 0.2) is 47.5 Å². The molecule has 0 N–H and O–H groups in total. The van der Waals surface area contributed by atoms with Gasteiger partial charge in [0.1, 0.15) is 5.75 Å². The average molecular weight is 348 g/mol. The molecule has 1 aromatic heterocycles. The zero-order valence-corrected chi connectivity index (χ0v) is 13.8. The number of ketones is 1. The van der Waals surface area contributed by atoms with Crippen molar-refractivity contribution in [3.63, 3.8) is 0 Å². The van der Waals surface area contributed by atoms with Crippen molar-refractivity contribution >= 4 is 21.7 Å². The molecule has 0 unspecified atom stereocenters. The molecule has 0 bridgehead atoms. The molecule has 0 saturated heterocycles. The fourth-order valence-electron chi connectivity index (χ4n) is 2.28. The van der Waals surface area contributed by atoms with Gasteiger partial charge in [0, 0.05) is 23.5 Å². The van der Waals surface area contributed by atoms with Crippen molar-refractivity contribution in [1.29, 1.82) is 0 Å². The Morgan fingerprint density at radius 2 is 2.10 bits per heavy atom. The number of ether oxygens (including phenoxy) is 1. The Bertz CT molecular complexity index is 673. The van der Waals surface area contributed by atoms with Crippen LogP contribution in [0.2, 0.25) is 0 Å². The van der Waals surface area contributed by atoms with Crippen LogP contribution in [0.5, 0.6) is 5.75 Å². The largest absolute Gasteiger partial charge is 0.484 e. The molecule has 1 heterocycles. The second-order valence-corrected chi connectivity index (χ2v) is 5.68. The van der Waals surface area contributed by atoms with Crippen LogP contribution in [-0.2, 0) is 6.54 Å². The lowest BCUT2D eigenvalue weighted by molar-refractivity contribution is 0.0920. The summed E-state index contributed by atoms with van der Waals surface area (Å²) in [5, 5.41) is 0. The number of rotatable bonds is 6. The Morgan fingerprint density at radius 3 is 2.76 bits per heavy atom. The van der Waals surface area contributed by atoms with Crippen LogP contribution in [0, 0.1) is 13.8 Å². The van der Waals surface area contributed by atoms with E-state index in [4.69, 9.17) is 4.74 Å². The van der Waals surface area contributed by atoms with Crippen LogP contribution < -0.4 is 4.74 Å². The summed E-state index contributed by atoms with van der Waals surface area (Å²) >= 11 is 3.40. The van der Waals surface area contributed by atoms with Crippen molar-refractivity contribution in [2.24, 2.45) is 0 Å². The molecule has 2 rings (SSSR count). The second kappa shape index (κ2) is 6.76. The van der Waals surface area contributed by atoms with Crippen molar-refractivity contribution in [3.8, 4) is 5.75 Å². The van der Waals surface area contributed by atoms with Gasteiger partial charge in [0.05, 0.1) is 4.47 Å². The van der Waals surface area contributed by atoms with Crippen LogP contribution in [0.4, 0.5) is 0 Å². The fraction of sp³-hybridized carbons (Fsp3) is 0.235. The minimum absolute atomic E-state index is 0.0193. The lowest BCUT2D eigenvalue weighted by Crippen LogP contribution is -2.13. The summed E-state index contributed by atoms with van der Waals surface area (Å²) in [6.07, 6.45) is 1.83. The molecular formula is C17H18BrNO2. The molecule has 2 aromatic rings. The van der Waals surface area contributed by atoms with E-state index in [0.29, 0.717) is 17.9 Å². The Hall–Kier alpha value is -1.81. The molecule has 1 aromatic carbocycles. The summed E-state index contributed by atoms with van der Waals surface area (Å²) < 4.78 is 8.50. The van der Waals surface area contributed by atoms with E-state index in [-0.39, 0.29) is 12.4 Å². The zero-order chi connectivity index (χ0) is 15.4. The summed E-state index contributed by atoms with van der Waals surface area (Å²) in [4.78, 5) is 12.3. The molecule has 0 fully saturated rings. The highest BCUT2D eigenvalue weighted by Gasteiger charge is 2.16. The first kappa shape index (κ1) is 15.6. The van der Waals surface area contributed by atoms with E-state index in [1.165, 1.54) is 0 Å². The van der Waals surface area contributed by atoms with Gasteiger partial charge in [-0.1, -0.05) is 18.2 Å². The van der Waals surface area contributed by atoms with Gasteiger partial charge in [0.25, 0.3) is 0 Å². The second-order valence-electron chi connectivity index (χ2n) is 4.83. The molecule has 0 saturated carbocycles. The third kappa shape index (κ3) is 3.45. The van der Waals surface area contributed by atoms with E-state index < -0.39 is 0 Å². The maximum atomic E-state index is 12.3. The molecule has 110 valence electrons. The van der Waals surface area contributed by atoms with Gasteiger partial charge >= 0.3 is 0 Å².